The van der Waals surface area contributed by atoms with Gasteiger partial charge in [-0.15, -0.1) is 0 Å². The molecule has 27 aromatic rings. The topological polar surface area (TPSA) is 29.6 Å². The molecule has 27 rings (SSSR count). The fraction of sp³-hybridized carbons (Fsp3) is 0.0909. The molecule has 0 unspecified atom stereocenters. The Bertz CT molecular complexity index is 9090. The Balaban J connectivity index is 0.0000000960. The SMILES string of the molecule is Cc1ccc(-n2c3ccccc3c3cc(C)ccc32)cc1.Cc1ccc(-n2c3ccccc3c3ccc(C)cc32)cc1.Cc1ccc2c(c1)c1cc(C)ccc1n2-c1c2ccccc2cc2ccccc12.Cc1ccc2c(c1)c1cc(C)ccc1n2-c1cccc2ccccc12.Cc1ccc2c(c1)c1cc(C)ccc1n2-c1ccccc1.Cc1ccc2c3ccc(C)cc3n(-c3ccccc3)c2c1. The van der Waals surface area contributed by atoms with Gasteiger partial charge in [-0.1, -0.05) is 311 Å². The molecule has 0 saturated heterocycles. The van der Waals surface area contributed by atoms with E-state index in [0.29, 0.717) is 0 Å². The van der Waals surface area contributed by atoms with Gasteiger partial charge in [-0.2, -0.15) is 0 Å². The van der Waals surface area contributed by atoms with Crippen LogP contribution in [0.2, 0.25) is 0 Å². The molecule has 21 aromatic carbocycles. The van der Waals surface area contributed by atoms with E-state index in [1.54, 1.807) is 0 Å². The van der Waals surface area contributed by atoms with Crippen LogP contribution >= 0.6 is 0 Å². The highest BCUT2D eigenvalue weighted by atomic mass is 15.0. The normalized spacial score (nSPS) is 11.5. The molecule has 0 fully saturated rings. The van der Waals surface area contributed by atoms with E-state index in [0.717, 1.165) is 0 Å². The number of hydrogen-bond acceptors (Lipinski definition) is 0. The van der Waals surface area contributed by atoms with Crippen molar-refractivity contribution in [2.75, 3.05) is 0 Å². The monoisotopic (exact) mass is 1780 g/mol. The lowest BCUT2D eigenvalue weighted by Gasteiger charge is -2.15. The molecule has 6 nitrogen and oxygen atoms in total. The molecule has 6 heteroatoms. The van der Waals surface area contributed by atoms with Crippen LogP contribution in [0, 0.1) is 83.1 Å². The molecule has 0 amide bonds. The molecule has 0 aliphatic rings. The number of para-hydroxylation sites is 4. The number of aryl methyl sites for hydroxylation is 12. The van der Waals surface area contributed by atoms with Gasteiger partial charge >= 0.3 is 0 Å². The van der Waals surface area contributed by atoms with Gasteiger partial charge < -0.3 is 27.4 Å². The smallest absolute Gasteiger partial charge is 0.0618 e. The predicted octanol–water partition coefficient (Wildman–Crippen LogP) is 35.9. The molecule has 6 heterocycles. The summed E-state index contributed by atoms with van der Waals surface area (Å²) in [6.45, 7) is 25.8. The highest BCUT2D eigenvalue weighted by Crippen LogP contribution is 2.44. The Morgan fingerprint density at radius 1 is 0.116 bits per heavy atom. The Morgan fingerprint density at radius 3 is 0.703 bits per heavy atom. The summed E-state index contributed by atoms with van der Waals surface area (Å²) in [6.07, 6.45) is 0. The van der Waals surface area contributed by atoms with Crippen molar-refractivity contribution < 1.29 is 0 Å². The second-order valence-electron chi connectivity index (χ2n) is 37.8. The first-order chi connectivity index (χ1) is 67.4. The lowest BCUT2D eigenvalue weighted by Crippen LogP contribution is -1.97. The minimum Gasteiger partial charge on any atom is -0.309 e. The van der Waals surface area contributed by atoms with Crippen LogP contribution < -0.4 is 0 Å². The van der Waals surface area contributed by atoms with Crippen LogP contribution in [0.25, 0.3) is 197 Å². The Hall–Kier alpha value is -16.8. The maximum absolute atomic E-state index is 2.47. The second kappa shape index (κ2) is 36.2. The number of nitrogens with zero attached hydrogens (tertiary/aromatic N) is 6. The van der Waals surface area contributed by atoms with Gasteiger partial charge in [0.2, 0.25) is 0 Å². The molecule has 138 heavy (non-hydrogen) atoms. The van der Waals surface area contributed by atoms with Crippen LogP contribution in [0.1, 0.15) is 66.8 Å². The second-order valence-corrected chi connectivity index (χ2v) is 37.8. The Kier molecular flexibility index (Phi) is 22.7. The van der Waals surface area contributed by atoms with Crippen molar-refractivity contribution in [2.24, 2.45) is 0 Å². The minimum absolute atomic E-state index is 1.21. The zero-order chi connectivity index (χ0) is 94.1. The Labute approximate surface area is 805 Å². The first-order valence-corrected chi connectivity index (χ1v) is 48.1. The highest BCUT2D eigenvalue weighted by molar-refractivity contribution is 6.18. The molecule has 0 bridgehead atoms. The van der Waals surface area contributed by atoms with E-state index >= 15 is 0 Å². The third-order valence-electron chi connectivity index (χ3n) is 27.6. The number of rotatable bonds is 6. The van der Waals surface area contributed by atoms with E-state index in [4.69, 9.17) is 0 Å². The average molecular weight is 1780 g/mol. The van der Waals surface area contributed by atoms with Gasteiger partial charge in [-0.3, -0.25) is 0 Å². The summed E-state index contributed by atoms with van der Waals surface area (Å²) >= 11 is 0. The number of fused-ring (bicyclic) bond motifs is 21. The van der Waals surface area contributed by atoms with Gasteiger partial charge in [0.05, 0.1) is 77.6 Å². The maximum atomic E-state index is 2.47. The first kappa shape index (κ1) is 86.6. The molecule has 0 atom stereocenters. The van der Waals surface area contributed by atoms with Crippen molar-refractivity contribution in [3.63, 3.8) is 0 Å². The molecule has 0 N–H and O–H groups in total. The van der Waals surface area contributed by atoms with Crippen LogP contribution in [0.15, 0.2) is 437 Å². The quantitative estimate of drug-likeness (QED) is 0.149. The van der Waals surface area contributed by atoms with Crippen LogP contribution in [0.4, 0.5) is 0 Å². The van der Waals surface area contributed by atoms with Crippen LogP contribution in [0.5, 0.6) is 0 Å². The number of hydrogen-bond donors (Lipinski definition) is 0. The van der Waals surface area contributed by atoms with Gasteiger partial charge in [-0.05, 0) is 292 Å². The van der Waals surface area contributed by atoms with E-state index in [1.807, 2.05) is 0 Å². The zero-order valence-electron chi connectivity index (χ0n) is 80.3. The summed E-state index contributed by atoms with van der Waals surface area (Å²) in [7, 11) is 0. The molecule has 0 aliphatic heterocycles. The largest absolute Gasteiger partial charge is 0.309 e. The highest BCUT2D eigenvalue weighted by Gasteiger charge is 2.22. The van der Waals surface area contributed by atoms with Crippen molar-refractivity contribution in [1.29, 1.82) is 0 Å². The maximum Gasteiger partial charge on any atom is 0.0618 e. The van der Waals surface area contributed by atoms with Crippen molar-refractivity contribution in [3.05, 3.63) is 504 Å². The summed E-state index contributed by atoms with van der Waals surface area (Å²) in [5, 5.41) is 23.5. The van der Waals surface area contributed by atoms with E-state index in [2.05, 4.69) is 547 Å². The molecule has 0 spiro atoms. The summed E-state index contributed by atoms with van der Waals surface area (Å²) in [5.41, 5.74) is 38.1. The summed E-state index contributed by atoms with van der Waals surface area (Å²) < 4.78 is 14.3. The molecular weight excluding hydrogens is 1670 g/mol. The summed E-state index contributed by atoms with van der Waals surface area (Å²) in [4.78, 5) is 0. The molecule has 666 valence electrons. The van der Waals surface area contributed by atoms with Crippen molar-refractivity contribution in [1.82, 2.24) is 27.4 Å². The number of benzene rings is 21. The van der Waals surface area contributed by atoms with Gasteiger partial charge in [0.25, 0.3) is 0 Å². The van der Waals surface area contributed by atoms with Gasteiger partial charge in [0, 0.05) is 104 Å². The molecule has 6 aromatic heterocycles. The van der Waals surface area contributed by atoms with Crippen molar-refractivity contribution in [2.45, 2.75) is 83.1 Å². The Morgan fingerprint density at radius 2 is 0.341 bits per heavy atom. The van der Waals surface area contributed by atoms with Crippen molar-refractivity contribution in [3.8, 4) is 34.1 Å². The first-order valence-electron chi connectivity index (χ1n) is 48.1. The van der Waals surface area contributed by atoms with E-state index in [1.165, 1.54) is 264 Å². The lowest BCUT2D eigenvalue weighted by molar-refractivity contribution is 1.17. The summed E-state index contributed by atoms with van der Waals surface area (Å²) in [6, 6.07) is 158. The molecule has 0 radical (unpaired) electrons. The third-order valence-corrected chi connectivity index (χ3v) is 27.6. The van der Waals surface area contributed by atoms with E-state index < -0.39 is 0 Å². The molecule has 0 saturated carbocycles. The predicted molar refractivity (Wildman–Crippen MR) is 594 cm³/mol. The van der Waals surface area contributed by atoms with Crippen LogP contribution in [-0.2, 0) is 0 Å². The fourth-order valence-corrected chi connectivity index (χ4v) is 20.9. The minimum atomic E-state index is 1.21. The van der Waals surface area contributed by atoms with Crippen LogP contribution in [0.3, 0.4) is 0 Å². The summed E-state index contributed by atoms with van der Waals surface area (Å²) in [5.74, 6) is 0. The lowest BCUT2D eigenvalue weighted by atomic mass is 10.0. The van der Waals surface area contributed by atoms with E-state index in [-0.39, 0.29) is 0 Å². The standard InChI is InChI=1S/C28H21N.C24H19N.4C20H17N/c1-18-11-13-26-24(15-18)25-16-19(2)12-14-27(25)29(26)28-22-9-5-3-7-20(22)17-21-8-4-6-10-23(21)28;1-16-10-12-23-20(14-16)21-15-17(2)11-13-24(21)25(23)22-9-5-7-18-6-3-4-8-19(18)22;1-14-7-10-16(11-8-14)21-19-6-4-3-5-17(19)18-13-15(2)9-12-20(18)21;1-14-7-10-16(11-8-14)21-19-6-4-3-5-17(19)18-12-9-15(2)13-20(18)21;1-14-8-10-19-17(12-14)18-13-15(2)9-11-20(18)21(19)16-6-4-3-5-7-16;1-14-8-10-17-18-11-9-15(2)13-20(18)21(19(17)12-14)16-6-4-3-5-7-16/h3-17H,1-2H3;3-15H,1-2H3;4*3-13H,1-2H3. The fourth-order valence-electron chi connectivity index (χ4n) is 20.9. The number of aromatic nitrogens is 6. The van der Waals surface area contributed by atoms with E-state index in [9.17, 15) is 0 Å². The van der Waals surface area contributed by atoms with Gasteiger partial charge in [-0.25, -0.2) is 0 Å². The molecule has 0 aliphatic carbocycles. The van der Waals surface area contributed by atoms with Gasteiger partial charge in [0.1, 0.15) is 0 Å². The third kappa shape index (κ3) is 16.0. The van der Waals surface area contributed by atoms with Crippen LogP contribution in [-0.4, -0.2) is 27.4 Å². The molecular formula is C132H108N6. The zero-order valence-corrected chi connectivity index (χ0v) is 80.3. The average Bonchev–Trinajstić information content (AvgIpc) is 1.53. The van der Waals surface area contributed by atoms with Crippen molar-refractivity contribution >= 4 is 163 Å². The van der Waals surface area contributed by atoms with Gasteiger partial charge in [0.15, 0.2) is 0 Å².